The molecule has 0 spiro atoms. The summed E-state index contributed by atoms with van der Waals surface area (Å²) in [5.41, 5.74) is 40.4. The van der Waals surface area contributed by atoms with Crippen molar-refractivity contribution in [2.75, 3.05) is 19.6 Å². The summed E-state index contributed by atoms with van der Waals surface area (Å²) in [6.45, 7) is -0.603. The van der Waals surface area contributed by atoms with Gasteiger partial charge in [0.15, 0.2) is 0 Å². The lowest BCUT2D eigenvalue weighted by Crippen LogP contribution is -2.69. The molecule has 6 heterocycles. The third-order valence-electron chi connectivity index (χ3n) is 23.8. The van der Waals surface area contributed by atoms with Gasteiger partial charge in [-0.3, -0.25) is 0 Å². The Morgan fingerprint density at radius 2 is 0.545 bits per heavy atom. The minimum Gasteiger partial charge on any atom is -0.458 e. The number of hydrogen-bond donors (Lipinski definition) is 0. The summed E-state index contributed by atoms with van der Waals surface area (Å²) in [6.07, 6.45) is 0. The van der Waals surface area contributed by atoms with Crippen LogP contribution in [-0.2, 0) is 0 Å². The molecular formula is C102H65B3N4O. The van der Waals surface area contributed by atoms with Gasteiger partial charge < -0.3 is 24.3 Å². The van der Waals surface area contributed by atoms with Crippen LogP contribution in [0.15, 0.2) is 394 Å². The van der Waals surface area contributed by atoms with Gasteiger partial charge in [0, 0.05) is 79.8 Å². The van der Waals surface area contributed by atoms with Crippen molar-refractivity contribution in [3.8, 4) is 89.4 Å². The highest BCUT2D eigenvalue weighted by Crippen LogP contribution is 2.55. The number of para-hydroxylation sites is 6. The molecule has 0 aromatic heterocycles. The molecule has 0 atom stereocenters. The number of benzene rings is 17. The van der Waals surface area contributed by atoms with Crippen LogP contribution in [-0.4, -0.2) is 20.1 Å². The van der Waals surface area contributed by atoms with Gasteiger partial charge in [-0.15, -0.1) is 0 Å². The molecular weight excluding hydrogens is 1330 g/mol. The Bertz CT molecular complexity index is 6420. The molecule has 508 valence electrons. The largest absolute Gasteiger partial charge is 0.458 e. The Labute approximate surface area is 641 Å². The Morgan fingerprint density at radius 1 is 0.182 bits per heavy atom. The SMILES string of the molecule is c1ccc(-c2cc(-c3ccccc3)cc(N3c4ccccc4B4c5cc6c(cc5Oc5cc(-c7c(-c8ccccc8)cccc7-c7ccccc7)cc3c54)N(c3c(-c4ccccc4)cccc3-c3ccccc3)c3cc4c5c7c3B6c3ccccc3N7c3ccccc3B5c3ccccc3N4c3ccccc3)c2)cc1. The van der Waals surface area contributed by atoms with Crippen molar-refractivity contribution in [3.63, 3.8) is 0 Å². The van der Waals surface area contributed by atoms with Gasteiger partial charge in [0.05, 0.1) is 5.69 Å². The summed E-state index contributed by atoms with van der Waals surface area (Å²) in [7, 11) is 0. The average Bonchev–Trinajstić information content (AvgIpc) is 0.665. The minimum absolute atomic E-state index is 0.0785. The lowest BCUT2D eigenvalue weighted by Gasteiger charge is -2.51. The maximum Gasteiger partial charge on any atom is 0.256 e. The monoisotopic (exact) mass is 1390 g/mol. The van der Waals surface area contributed by atoms with Crippen molar-refractivity contribution in [1.29, 1.82) is 0 Å². The van der Waals surface area contributed by atoms with E-state index >= 15 is 0 Å². The van der Waals surface area contributed by atoms with Crippen LogP contribution in [0.4, 0.5) is 68.2 Å². The fraction of sp³-hybridized carbons (Fsp3) is 0. The van der Waals surface area contributed by atoms with E-state index in [2.05, 4.69) is 414 Å². The molecule has 0 bridgehead atoms. The van der Waals surface area contributed by atoms with Crippen molar-refractivity contribution in [2.45, 2.75) is 0 Å². The van der Waals surface area contributed by atoms with Gasteiger partial charge in [-0.1, -0.05) is 315 Å². The Balaban J connectivity index is 0.848. The molecule has 0 saturated heterocycles. The molecule has 110 heavy (non-hydrogen) atoms. The highest BCUT2D eigenvalue weighted by molar-refractivity contribution is 7.05. The van der Waals surface area contributed by atoms with Gasteiger partial charge >= 0.3 is 0 Å². The second-order valence-electron chi connectivity index (χ2n) is 29.7. The molecule has 17 aromatic rings. The predicted octanol–water partition coefficient (Wildman–Crippen LogP) is 20.5. The highest BCUT2D eigenvalue weighted by atomic mass is 16.5. The van der Waals surface area contributed by atoms with Crippen molar-refractivity contribution in [3.05, 3.63) is 394 Å². The molecule has 0 unspecified atom stereocenters. The highest BCUT2D eigenvalue weighted by Gasteiger charge is 2.53. The third-order valence-corrected chi connectivity index (χ3v) is 23.8. The number of anilines is 12. The van der Waals surface area contributed by atoms with Crippen LogP contribution in [0, 0.1) is 0 Å². The van der Waals surface area contributed by atoms with Gasteiger partial charge in [-0.05, 0) is 189 Å². The fourth-order valence-electron chi connectivity index (χ4n) is 19.3. The quantitative estimate of drug-likeness (QED) is 0.127. The number of fused-ring (bicyclic) bond motifs is 14. The van der Waals surface area contributed by atoms with Crippen LogP contribution in [0.2, 0.25) is 0 Å². The van der Waals surface area contributed by atoms with E-state index in [1.807, 2.05) is 0 Å². The fourth-order valence-corrected chi connectivity index (χ4v) is 19.3. The first kappa shape index (κ1) is 62.2. The lowest BCUT2D eigenvalue weighted by molar-refractivity contribution is 0.488. The standard InChI is InChI=1S/C102H65B3N4O/c1-8-32-66(33-9-1)72-58-73(67-34-10-2-11-35-67)60-76(59-72)107-88-55-27-23-51-82(88)105-86-63-85-91(65-95(86)110-96-62-74(61-92(107)98(96)105)97-77(68-36-12-3-13-37-68)46-30-47-78(97)69-38-14-4-15-39-69)109(101-79(70-40-16-5-17-41-70)48-31-49-80(101)71-42-18-6-19-43-71)94-64-93-99-102-100(94)104(85)84-53-25-29-57-90(84)108(102)89-56-28-24-52-83(89)103(99)81-50-22-26-54-87(81)106(93)75-44-20-7-21-45-75/h1-65H. The molecule has 0 N–H and O–H groups in total. The maximum absolute atomic E-state index is 8.22. The number of hydrogen-bond acceptors (Lipinski definition) is 5. The Hall–Kier alpha value is -14.1. The van der Waals surface area contributed by atoms with Gasteiger partial charge in [-0.2, -0.15) is 0 Å². The van der Waals surface area contributed by atoms with E-state index in [1.165, 1.54) is 61.0 Å². The normalized spacial score (nSPS) is 13.2. The molecule has 0 fully saturated rings. The second kappa shape index (κ2) is 24.8. The van der Waals surface area contributed by atoms with Crippen LogP contribution in [0.1, 0.15) is 0 Å². The van der Waals surface area contributed by atoms with E-state index in [4.69, 9.17) is 4.74 Å². The summed E-state index contributed by atoms with van der Waals surface area (Å²) >= 11 is 0. The molecule has 0 saturated carbocycles. The van der Waals surface area contributed by atoms with E-state index in [0.29, 0.717) is 0 Å². The zero-order valence-corrected chi connectivity index (χ0v) is 60.0. The Morgan fingerprint density at radius 3 is 1.03 bits per heavy atom. The minimum atomic E-state index is -0.282. The third kappa shape index (κ3) is 9.39. The number of nitrogens with zero attached hydrogens (tertiary/aromatic N) is 4. The van der Waals surface area contributed by atoms with Gasteiger partial charge in [0.25, 0.3) is 20.1 Å². The van der Waals surface area contributed by atoms with Crippen LogP contribution in [0.25, 0.3) is 77.9 Å². The zero-order valence-electron chi connectivity index (χ0n) is 60.0. The molecule has 6 aliphatic heterocycles. The predicted molar refractivity (Wildman–Crippen MR) is 464 cm³/mol. The van der Waals surface area contributed by atoms with Crippen molar-refractivity contribution >= 4 is 138 Å². The van der Waals surface area contributed by atoms with Gasteiger partial charge in [-0.25, -0.2) is 0 Å². The van der Waals surface area contributed by atoms with Crippen LogP contribution < -0.4 is 73.5 Å². The van der Waals surface area contributed by atoms with Gasteiger partial charge in [0.2, 0.25) is 0 Å². The summed E-state index contributed by atoms with van der Waals surface area (Å²) in [5, 5.41) is 0. The molecule has 23 rings (SSSR count). The average molecular weight is 1400 g/mol. The van der Waals surface area contributed by atoms with Crippen molar-refractivity contribution in [2.24, 2.45) is 0 Å². The maximum atomic E-state index is 8.22. The molecule has 0 amide bonds. The van der Waals surface area contributed by atoms with E-state index in [9.17, 15) is 0 Å². The zero-order chi connectivity index (χ0) is 72.1. The second-order valence-corrected chi connectivity index (χ2v) is 29.7. The summed E-state index contributed by atoms with van der Waals surface area (Å²) in [6, 6.07) is 147. The molecule has 8 heteroatoms. The van der Waals surface area contributed by atoms with Gasteiger partial charge in [0.1, 0.15) is 11.5 Å². The first-order valence-corrected chi connectivity index (χ1v) is 38.2. The molecule has 17 aromatic carbocycles. The smallest absolute Gasteiger partial charge is 0.256 e. The molecule has 6 aliphatic rings. The van der Waals surface area contributed by atoms with Crippen molar-refractivity contribution < 1.29 is 4.74 Å². The van der Waals surface area contributed by atoms with Crippen molar-refractivity contribution in [1.82, 2.24) is 0 Å². The van der Waals surface area contributed by atoms with Crippen LogP contribution in [0.5, 0.6) is 11.5 Å². The Kier molecular flexibility index (Phi) is 14.0. The first-order chi connectivity index (χ1) is 54.6. The molecule has 5 nitrogen and oxygen atoms in total. The van der Waals surface area contributed by atoms with Crippen LogP contribution in [0.3, 0.4) is 0 Å². The van der Waals surface area contributed by atoms with E-state index in [0.717, 1.165) is 146 Å². The molecule has 0 aliphatic carbocycles. The summed E-state index contributed by atoms with van der Waals surface area (Å²) in [5.74, 6) is 1.63. The summed E-state index contributed by atoms with van der Waals surface area (Å²) in [4.78, 5) is 10.4. The first-order valence-electron chi connectivity index (χ1n) is 38.2. The van der Waals surface area contributed by atoms with E-state index in [-0.39, 0.29) is 20.1 Å². The topological polar surface area (TPSA) is 22.2 Å². The van der Waals surface area contributed by atoms with E-state index < -0.39 is 0 Å². The number of rotatable bonds is 10. The van der Waals surface area contributed by atoms with Crippen LogP contribution >= 0.6 is 0 Å². The molecule has 0 radical (unpaired) electrons. The number of ether oxygens (including phenoxy) is 1. The lowest BCUT2D eigenvalue weighted by atomic mass is 9.28. The van der Waals surface area contributed by atoms with E-state index in [1.54, 1.807) is 0 Å². The summed E-state index contributed by atoms with van der Waals surface area (Å²) < 4.78 is 8.22.